The van der Waals surface area contributed by atoms with Crippen molar-refractivity contribution in [1.82, 2.24) is 9.80 Å². The Labute approximate surface area is 125 Å². The Morgan fingerprint density at radius 3 is 2.86 bits per heavy atom. The van der Waals surface area contributed by atoms with Crippen LogP contribution in [0.15, 0.2) is 18.2 Å². The molecule has 0 N–H and O–H groups in total. The number of benzene rings is 1. The van der Waals surface area contributed by atoms with Gasteiger partial charge in [-0.15, -0.1) is 0 Å². The van der Waals surface area contributed by atoms with Gasteiger partial charge in [0.15, 0.2) is 0 Å². The minimum absolute atomic E-state index is 0.222. The summed E-state index contributed by atoms with van der Waals surface area (Å²) < 4.78 is 18.9. The molecule has 0 aromatic heterocycles. The van der Waals surface area contributed by atoms with Crippen LogP contribution in [0.4, 0.5) is 4.39 Å². The van der Waals surface area contributed by atoms with Gasteiger partial charge in [0.05, 0.1) is 7.11 Å². The van der Waals surface area contributed by atoms with E-state index in [1.165, 1.54) is 6.07 Å². The molecule has 1 fully saturated rings. The Bertz CT molecular complexity index is 507. The van der Waals surface area contributed by atoms with Crippen LogP contribution in [-0.2, 0) is 11.3 Å². The lowest BCUT2D eigenvalue weighted by molar-refractivity contribution is -0.127. The Hall–Kier alpha value is -1.62. The summed E-state index contributed by atoms with van der Waals surface area (Å²) in [6.45, 7) is 4.87. The van der Waals surface area contributed by atoms with Crippen LogP contribution >= 0.6 is 0 Å². The van der Waals surface area contributed by atoms with Crippen molar-refractivity contribution in [2.75, 3.05) is 33.8 Å². The van der Waals surface area contributed by atoms with Gasteiger partial charge in [0.25, 0.3) is 0 Å². The maximum Gasteiger partial charge on any atom is 0.222 e. The third-order valence-electron chi connectivity index (χ3n) is 3.94. The summed E-state index contributed by atoms with van der Waals surface area (Å²) in [5, 5.41) is 0. The van der Waals surface area contributed by atoms with Crippen molar-refractivity contribution in [3.05, 3.63) is 29.6 Å². The molecule has 116 valence electrons. The minimum atomic E-state index is -0.222. The second-order valence-electron chi connectivity index (χ2n) is 5.66. The van der Waals surface area contributed by atoms with Crippen LogP contribution < -0.4 is 4.74 Å². The van der Waals surface area contributed by atoms with E-state index < -0.39 is 0 Å². The largest absolute Gasteiger partial charge is 0.497 e. The van der Waals surface area contributed by atoms with Crippen LogP contribution in [0.5, 0.6) is 5.75 Å². The second-order valence-corrected chi connectivity index (χ2v) is 5.66. The summed E-state index contributed by atoms with van der Waals surface area (Å²) in [6.07, 6.45) is 0.596. The zero-order chi connectivity index (χ0) is 15.4. The number of rotatable bonds is 6. The van der Waals surface area contributed by atoms with Crippen LogP contribution in [-0.4, -0.2) is 49.5 Å². The quantitative estimate of drug-likeness (QED) is 0.806. The summed E-state index contributed by atoms with van der Waals surface area (Å²) in [5.41, 5.74) is 0.619. The van der Waals surface area contributed by atoms with Gasteiger partial charge in [-0.2, -0.15) is 0 Å². The van der Waals surface area contributed by atoms with Crippen LogP contribution in [0.1, 0.15) is 18.9 Å². The summed E-state index contributed by atoms with van der Waals surface area (Å²) in [6, 6.07) is 4.78. The molecule has 0 bridgehead atoms. The molecule has 1 saturated heterocycles. The third kappa shape index (κ3) is 3.94. The van der Waals surface area contributed by atoms with Gasteiger partial charge in [0, 0.05) is 38.2 Å². The van der Waals surface area contributed by atoms with E-state index in [0.717, 1.165) is 19.6 Å². The van der Waals surface area contributed by atoms with E-state index in [-0.39, 0.29) is 11.7 Å². The van der Waals surface area contributed by atoms with Crippen molar-refractivity contribution in [3.8, 4) is 5.75 Å². The second kappa shape index (κ2) is 6.89. The van der Waals surface area contributed by atoms with E-state index in [4.69, 9.17) is 4.74 Å². The van der Waals surface area contributed by atoms with Crippen molar-refractivity contribution in [2.45, 2.75) is 19.9 Å². The molecule has 1 amide bonds. The topological polar surface area (TPSA) is 32.8 Å². The number of halogens is 1. The number of likely N-dealkylation sites (tertiary alicyclic amines) is 1. The number of nitrogens with zero attached hydrogens (tertiary/aromatic N) is 2. The first-order chi connectivity index (χ1) is 10.0. The molecule has 4 nitrogen and oxygen atoms in total. The first kappa shape index (κ1) is 15.8. The van der Waals surface area contributed by atoms with Crippen LogP contribution in [0.2, 0.25) is 0 Å². The highest BCUT2D eigenvalue weighted by atomic mass is 19.1. The number of hydrogen-bond acceptors (Lipinski definition) is 3. The molecule has 0 radical (unpaired) electrons. The maximum atomic E-state index is 13.8. The smallest absolute Gasteiger partial charge is 0.222 e. The van der Waals surface area contributed by atoms with E-state index in [2.05, 4.69) is 4.90 Å². The molecule has 0 spiro atoms. The fraction of sp³-hybridized carbons (Fsp3) is 0.562. The van der Waals surface area contributed by atoms with Gasteiger partial charge < -0.3 is 14.5 Å². The Kier molecular flexibility index (Phi) is 5.17. The molecule has 1 aromatic rings. The maximum absolute atomic E-state index is 13.8. The summed E-state index contributed by atoms with van der Waals surface area (Å²) in [7, 11) is 3.53. The van der Waals surface area contributed by atoms with Crippen molar-refractivity contribution in [3.63, 3.8) is 0 Å². The molecular formula is C16H23FN2O2. The number of hydrogen-bond donors (Lipinski definition) is 0. The molecule has 0 saturated carbocycles. The average Bonchev–Trinajstić information content (AvgIpc) is 2.81. The molecule has 1 atom stereocenters. The lowest BCUT2D eigenvalue weighted by atomic mass is 10.1. The fourth-order valence-electron chi connectivity index (χ4n) is 2.88. The highest BCUT2D eigenvalue weighted by Crippen LogP contribution is 2.21. The first-order valence-electron chi connectivity index (χ1n) is 7.32. The van der Waals surface area contributed by atoms with E-state index in [0.29, 0.717) is 30.2 Å². The third-order valence-corrected chi connectivity index (χ3v) is 3.94. The number of amides is 1. The zero-order valence-electron chi connectivity index (χ0n) is 12.9. The van der Waals surface area contributed by atoms with Crippen LogP contribution in [0.25, 0.3) is 0 Å². The van der Waals surface area contributed by atoms with Crippen molar-refractivity contribution in [1.29, 1.82) is 0 Å². The minimum Gasteiger partial charge on any atom is -0.497 e. The van der Waals surface area contributed by atoms with Gasteiger partial charge >= 0.3 is 0 Å². The predicted molar refractivity (Wildman–Crippen MR) is 79.6 cm³/mol. The lowest BCUT2D eigenvalue weighted by Crippen LogP contribution is -2.28. The summed E-state index contributed by atoms with van der Waals surface area (Å²) in [4.78, 5) is 15.7. The van der Waals surface area contributed by atoms with Crippen molar-refractivity contribution < 1.29 is 13.9 Å². The van der Waals surface area contributed by atoms with Crippen molar-refractivity contribution >= 4 is 5.91 Å². The standard InChI is InChI=1S/C16H23FN2O2/c1-4-19-10-12(7-16(19)20)9-18(2)11-13-8-14(21-3)5-6-15(13)17/h5-6,8,12H,4,7,9-11H2,1-3H3/t12-/m0/s1. The first-order valence-corrected chi connectivity index (χ1v) is 7.32. The molecule has 0 aliphatic carbocycles. The lowest BCUT2D eigenvalue weighted by Gasteiger charge is -2.21. The predicted octanol–water partition coefficient (Wildman–Crippen LogP) is 2.13. The van der Waals surface area contributed by atoms with E-state index in [1.807, 2.05) is 18.9 Å². The SMILES string of the molecule is CCN1C[C@H](CN(C)Cc2cc(OC)ccc2F)CC1=O. The van der Waals surface area contributed by atoms with Crippen molar-refractivity contribution in [2.24, 2.45) is 5.92 Å². The number of methoxy groups -OCH3 is 1. The molecule has 1 aliphatic rings. The highest BCUT2D eigenvalue weighted by Gasteiger charge is 2.29. The molecule has 1 heterocycles. The summed E-state index contributed by atoms with van der Waals surface area (Å²) in [5.74, 6) is 0.993. The molecular weight excluding hydrogens is 271 g/mol. The number of ether oxygens (including phenoxy) is 1. The Morgan fingerprint density at radius 2 is 2.24 bits per heavy atom. The highest BCUT2D eigenvalue weighted by molar-refractivity contribution is 5.78. The van der Waals surface area contributed by atoms with Gasteiger partial charge in [-0.1, -0.05) is 0 Å². The van der Waals surface area contributed by atoms with E-state index in [1.54, 1.807) is 19.2 Å². The average molecular weight is 294 g/mol. The van der Waals surface area contributed by atoms with Crippen LogP contribution in [0, 0.1) is 11.7 Å². The van der Waals surface area contributed by atoms with Gasteiger partial charge in [0.1, 0.15) is 11.6 Å². The molecule has 21 heavy (non-hydrogen) atoms. The molecule has 0 unspecified atom stereocenters. The monoisotopic (exact) mass is 294 g/mol. The molecule has 2 rings (SSSR count). The number of carbonyl (C=O) groups is 1. The van der Waals surface area contributed by atoms with E-state index >= 15 is 0 Å². The normalized spacial score (nSPS) is 18.6. The summed E-state index contributed by atoms with van der Waals surface area (Å²) >= 11 is 0. The van der Waals surface area contributed by atoms with Gasteiger partial charge in [0.2, 0.25) is 5.91 Å². The van der Waals surface area contributed by atoms with Gasteiger partial charge in [-0.3, -0.25) is 4.79 Å². The molecule has 1 aromatic carbocycles. The number of carbonyl (C=O) groups excluding carboxylic acids is 1. The van der Waals surface area contributed by atoms with E-state index in [9.17, 15) is 9.18 Å². The van der Waals surface area contributed by atoms with Gasteiger partial charge in [-0.05, 0) is 38.1 Å². The fourth-order valence-corrected chi connectivity index (χ4v) is 2.88. The van der Waals surface area contributed by atoms with Gasteiger partial charge in [-0.25, -0.2) is 4.39 Å². The van der Waals surface area contributed by atoms with Crippen LogP contribution in [0.3, 0.4) is 0 Å². The Morgan fingerprint density at radius 1 is 1.48 bits per heavy atom. The molecule has 5 heteroatoms. The zero-order valence-corrected chi connectivity index (χ0v) is 12.9. The molecule has 1 aliphatic heterocycles. The Balaban J connectivity index is 1.93.